The fourth-order valence-corrected chi connectivity index (χ4v) is 3.68. The number of phenolic OH excluding ortho intramolecular Hbond substituents is 1. The van der Waals surface area contributed by atoms with Crippen molar-refractivity contribution in [1.29, 1.82) is 0 Å². The van der Waals surface area contributed by atoms with Crippen molar-refractivity contribution in [2.24, 2.45) is 11.7 Å². The van der Waals surface area contributed by atoms with E-state index in [2.05, 4.69) is 10.6 Å². The first-order valence-corrected chi connectivity index (χ1v) is 10.8. The van der Waals surface area contributed by atoms with Gasteiger partial charge in [-0.1, -0.05) is 32.4 Å². The van der Waals surface area contributed by atoms with Gasteiger partial charge < -0.3 is 31.5 Å². The molecule has 10 nitrogen and oxygen atoms in total. The van der Waals surface area contributed by atoms with E-state index in [0.717, 1.165) is 5.56 Å². The summed E-state index contributed by atoms with van der Waals surface area (Å²) in [5.74, 6) is -2.71. The van der Waals surface area contributed by atoms with Crippen molar-refractivity contribution in [3.8, 4) is 5.75 Å². The Kier molecular flexibility index (Phi) is 9.01. The van der Waals surface area contributed by atoms with Crippen LogP contribution in [0.15, 0.2) is 24.3 Å². The second-order valence-corrected chi connectivity index (χ2v) is 8.15. The van der Waals surface area contributed by atoms with Crippen LogP contribution in [0.5, 0.6) is 5.75 Å². The molecule has 1 aromatic carbocycles. The Hall–Kier alpha value is -3.14. The maximum absolute atomic E-state index is 12.8. The number of hydrogen-bond acceptors (Lipinski definition) is 6. The summed E-state index contributed by atoms with van der Waals surface area (Å²) < 4.78 is 0. The lowest BCUT2D eigenvalue weighted by atomic mass is 9.99. The van der Waals surface area contributed by atoms with E-state index in [4.69, 9.17) is 5.73 Å². The van der Waals surface area contributed by atoms with Crippen molar-refractivity contribution >= 4 is 23.7 Å². The quantitative estimate of drug-likeness (QED) is 0.336. The van der Waals surface area contributed by atoms with Crippen LogP contribution >= 0.6 is 0 Å². The largest absolute Gasteiger partial charge is 0.508 e. The number of nitrogens with one attached hydrogen (secondary N) is 2. The molecule has 1 fully saturated rings. The SMILES string of the molecule is CCC(C)C(NC(=O)CNC(=O)C1CCCN1C(=O)C(N)Cc1ccc(O)cc1)C(=O)O. The van der Waals surface area contributed by atoms with Gasteiger partial charge in [-0.2, -0.15) is 0 Å². The van der Waals surface area contributed by atoms with E-state index >= 15 is 0 Å². The number of hydrogen-bond donors (Lipinski definition) is 5. The molecule has 10 heteroatoms. The van der Waals surface area contributed by atoms with Crippen LogP contribution in [-0.4, -0.2) is 70.0 Å². The molecule has 176 valence electrons. The van der Waals surface area contributed by atoms with Crippen LogP contribution in [0, 0.1) is 5.92 Å². The Morgan fingerprint density at radius 3 is 2.47 bits per heavy atom. The molecule has 4 atom stereocenters. The lowest BCUT2D eigenvalue weighted by Gasteiger charge is -2.27. The topological polar surface area (TPSA) is 162 Å². The van der Waals surface area contributed by atoms with E-state index in [9.17, 15) is 29.4 Å². The standard InChI is InChI=1S/C22H32N4O6/c1-3-13(2)19(22(31)32)25-18(28)12-24-20(29)17-5-4-10-26(17)21(30)16(23)11-14-6-8-15(27)9-7-14/h6-9,13,16-17,19,27H,3-5,10-12,23H2,1-2H3,(H,24,29)(H,25,28)(H,31,32). The molecule has 1 aromatic rings. The van der Waals surface area contributed by atoms with Crippen molar-refractivity contribution < 1.29 is 29.4 Å². The number of aromatic hydroxyl groups is 1. The number of likely N-dealkylation sites (tertiary alicyclic amines) is 1. The van der Waals surface area contributed by atoms with Gasteiger partial charge in [0.05, 0.1) is 12.6 Å². The van der Waals surface area contributed by atoms with Crippen LogP contribution in [0.4, 0.5) is 0 Å². The summed E-state index contributed by atoms with van der Waals surface area (Å²) in [6.45, 7) is 3.56. The molecule has 1 heterocycles. The zero-order valence-corrected chi connectivity index (χ0v) is 18.4. The van der Waals surface area contributed by atoms with Gasteiger partial charge in [-0.15, -0.1) is 0 Å². The smallest absolute Gasteiger partial charge is 0.326 e. The van der Waals surface area contributed by atoms with E-state index in [0.29, 0.717) is 25.8 Å². The zero-order chi connectivity index (χ0) is 23.8. The molecule has 4 unspecified atom stereocenters. The molecule has 0 aromatic heterocycles. The first kappa shape index (κ1) is 25.1. The molecular weight excluding hydrogens is 416 g/mol. The molecule has 0 spiro atoms. The first-order chi connectivity index (χ1) is 15.1. The van der Waals surface area contributed by atoms with E-state index in [-0.39, 0.29) is 30.5 Å². The third kappa shape index (κ3) is 6.68. The van der Waals surface area contributed by atoms with E-state index in [1.54, 1.807) is 19.1 Å². The molecule has 1 aliphatic heterocycles. The van der Waals surface area contributed by atoms with E-state index < -0.39 is 35.9 Å². The van der Waals surface area contributed by atoms with Crippen molar-refractivity contribution in [2.45, 2.75) is 57.7 Å². The van der Waals surface area contributed by atoms with Crippen LogP contribution in [-0.2, 0) is 25.6 Å². The number of amides is 3. The molecular formula is C22H32N4O6. The van der Waals surface area contributed by atoms with Gasteiger partial charge in [0.15, 0.2) is 0 Å². The van der Waals surface area contributed by atoms with Gasteiger partial charge in [0.2, 0.25) is 17.7 Å². The highest BCUT2D eigenvalue weighted by Crippen LogP contribution is 2.19. The Morgan fingerprint density at radius 2 is 1.88 bits per heavy atom. The summed E-state index contributed by atoms with van der Waals surface area (Å²) in [6.07, 6.45) is 1.93. The Balaban J connectivity index is 1.90. The number of rotatable bonds is 10. The first-order valence-electron chi connectivity index (χ1n) is 10.8. The minimum atomic E-state index is -1.13. The number of nitrogens with zero attached hydrogens (tertiary/aromatic N) is 1. The monoisotopic (exact) mass is 448 g/mol. The predicted molar refractivity (Wildman–Crippen MR) is 117 cm³/mol. The maximum atomic E-state index is 12.8. The van der Waals surface area contributed by atoms with Gasteiger partial charge in [-0.3, -0.25) is 14.4 Å². The van der Waals surface area contributed by atoms with E-state index in [1.165, 1.54) is 17.0 Å². The number of carboxylic acids is 1. The van der Waals surface area contributed by atoms with Crippen LogP contribution in [0.3, 0.4) is 0 Å². The minimum Gasteiger partial charge on any atom is -0.508 e. The van der Waals surface area contributed by atoms with Crippen LogP contribution in [0.2, 0.25) is 0 Å². The summed E-state index contributed by atoms with van der Waals surface area (Å²) in [7, 11) is 0. The zero-order valence-electron chi connectivity index (χ0n) is 18.4. The highest BCUT2D eigenvalue weighted by Gasteiger charge is 2.36. The second kappa shape index (κ2) is 11.5. The lowest BCUT2D eigenvalue weighted by Crippen LogP contribution is -2.53. The molecule has 0 aliphatic carbocycles. The molecule has 0 saturated carbocycles. The van der Waals surface area contributed by atoms with Gasteiger partial charge in [-0.05, 0) is 42.9 Å². The van der Waals surface area contributed by atoms with Gasteiger partial charge in [0.1, 0.15) is 17.8 Å². The molecule has 32 heavy (non-hydrogen) atoms. The molecule has 0 bridgehead atoms. The average molecular weight is 449 g/mol. The molecule has 2 rings (SSSR count). The fourth-order valence-electron chi connectivity index (χ4n) is 3.68. The number of benzene rings is 1. The van der Waals surface area contributed by atoms with Crippen molar-refractivity contribution in [2.75, 3.05) is 13.1 Å². The highest BCUT2D eigenvalue weighted by atomic mass is 16.4. The number of carbonyl (C=O) groups excluding carboxylic acids is 3. The summed E-state index contributed by atoms with van der Waals surface area (Å²) >= 11 is 0. The molecule has 6 N–H and O–H groups in total. The lowest BCUT2D eigenvalue weighted by molar-refractivity contribution is -0.143. The Labute approximate surface area is 187 Å². The highest BCUT2D eigenvalue weighted by molar-refractivity contribution is 5.93. The normalized spacial score (nSPS) is 18.5. The summed E-state index contributed by atoms with van der Waals surface area (Å²) in [5, 5.41) is 23.6. The van der Waals surface area contributed by atoms with E-state index in [1.807, 2.05) is 6.92 Å². The average Bonchev–Trinajstić information content (AvgIpc) is 3.26. The maximum Gasteiger partial charge on any atom is 0.326 e. The number of aliphatic carboxylic acids is 1. The minimum absolute atomic E-state index is 0.118. The van der Waals surface area contributed by atoms with Crippen LogP contribution < -0.4 is 16.4 Å². The predicted octanol–water partition coefficient (Wildman–Crippen LogP) is -0.0153. The summed E-state index contributed by atoms with van der Waals surface area (Å²) in [6, 6.07) is 3.78. The van der Waals surface area contributed by atoms with Crippen molar-refractivity contribution in [3.05, 3.63) is 29.8 Å². The molecule has 0 radical (unpaired) electrons. The van der Waals surface area contributed by atoms with Crippen molar-refractivity contribution in [3.63, 3.8) is 0 Å². The molecule has 1 aliphatic rings. The Bertz CT molecular complexity index is 828. The number of phenols is 1. The summed E-state index contributed by atoms with van der Waals surface area (Å²) in [5.41, 5.74) is 6.86. The summed E-state index contributed by atoms with van der Waals surface area (Å²) in [4.78, 5) is 50.4. The van der Waals surface area contributed by atoms with Gasteiger partial charge in [-0.25, -0.2) is 4.79 Å². The fraction of sp³-hybridized carbons (Fsp3) is 0.545. The Morgan fingerprint density at radius 1 is 1.22 bits per heavy atom. The number of nitrogens with two attached hydrogens (primary N) is 1. The number of carbonyl (C=O) groups is 4. The van der Waals surface area contributed by atoms with Crippen LogP contribution in [0.25, 0.3) is 0 Å². The van der Waals surface area contributed by atoms with Gasteiger partial charge in [0, 0.05) is 6.54 Å². The molecule has 1 saturated heterocycles. The number of carboxylic acid groups (broad SMARTS) is 1. The van der Waals surface area contributed by atoms with Crippen molar-refractivity contribution in [1.82, 2.24) is 15.5 Å². The third-order valence-electron chi connectivity index (χ3n) is 5.77. The molecule has 3 amide bonds. The van der Waals surface area contributed by atoms with Gasteiger partial charge in [0.25, 0.3) is 0 Å². The third-order valence-corrected chi connectivity index (χ3v) is 5.77. The van der Waals surface area contributed by atoms with Gasteiger partial charge >= 0.3 is 5.97 Å². The van der Waals surface area contributed by atoms with Crippen LogP contribution in [0.1, 0.15) is 38.7 Å². The second-order valence-electron chi connectivity index (χ2n) is 8.15.